The molecule has 0 radical (unpaired) electrons. The molecule has 1 aromatic heterocycles. The molecule has 0 saturated heterocycles. The molecule has 0 aliphatic carbocycles. The Morgan fingerprint density at radius 2 is 1.81 bits per heavy atom. The third-order valence-corrected chi connectivity index (χ3v) is 4.92. The van der Waals surface area contributed by atoms with Crippen LogP contribution in [0, 0.1) is 5.92 Å². The minimum Gasteiger partial charge on any atom is -0.481 e. The van der Waals surface area contributed by atoms with Crippen LogP contribution in [0.15, 0.2) is 59.0 Å². The van der Waals surface area contributed by atoms with Crippen LogP contribution in [0.25, 0.3) is 23.1 Å². The van der Waals surface area contributed by atoms with E-state index in [2.05, 4.69) is 41.5 Å². The number of hydrogen-bond acceptors (Lipinski definition) is 5. The van der Waals surface area contributed by atoms with E-state index in [0.717, 1.165) is 24.0 Å². The van der Waals surface area contributed by atoms with Crippen molar-refractivity contribution in [2.45, 2.75) is 39.7 Å². The van der Waals surface area contributed by atoms with Gasteiger partial charge in [0.05, 0.1) is 6.42 Å². The molecule has 0 bridgehead atoms. The van der Waals surface area contributed by atoms with E-state index in [1.54, 1.807) is 0 Å². The topological polar surface area (TPSA) is 88.2 Å². The first kappa shape index (κ1) is 22.4. The smallest absolute Gasteiger partial charge is 0.304 e. The largest absolute Gasteiger partial charge is 0.481 e. The zero-order valence-electron chi connectivity index (χ0n) is 18.0. The predicted octanol–water partition coefficient (Wildman–Crippen LogP) is 5.28. The fraction of sp³-hybridized carbons (Fsp3) is 0.320. The molecule has 0 unspecified atom stereocenters. The molecule has 1 heterocycles. The summed E-state index contributed by atoms with van der Waals surface area (Å²) in [7, 11) is 0. The van der Waals surface area contributed by atoms with Crippen molar-refractivity contribution in [3.05, 3.63) is 71.6 Å². The highest BCUT2D eigenvalue weighted by Crippen LogP contribution is 2.26. The molecule has 0 aliphatic rings. The minimum absolute atomic E-state index is 0.110. The van der Waals surface area contributed by atoms with Gasteiger partial charge in [-0.3, -0.25) is 4.79 Å². The first-order valence-electron chi connectivity index (χ1n) is 10.6. The lowest BCUT2D eigenvalue weighted by Crippen LogP contribution is -2.17. The number of aromatic nitrogens is 2. The fourth-order valence-corrected chi connectivity index (χ4v) is 3.15. The van der Waals surface area contributed by atoms with E-state index in [1.807, 2.05) is 48.5 Å². The van der Waals surface area contributed by atoms with Crippen LogP contribution in [0.3, 0.4) is 0 Å². The molecule has 0 saturated carbocycles. The zero-order chi connectivity index (χ0) is 22.1. The lowest BCUT2D eigenvalue weighted by Gasteiger charge is -2.09. The molecule has 0 spiro atoms. The van der Waals surface area contributed by atoms with Crippen LogP contribution in [0.4, 0.5) is 0 Å². The monoisotopic (exact) mass is 419 g/mol. The van der Waals surface area contributed by atoms with Crippen molar-refractivity contribution >= 4 is 17.6 Å². The van der Waals surface area contributed by atoms with Crippen LogP contribution in [0.1, 0.15) is 50.1 Å². The van der Waals surface area contributed by atoms with Crippen LogP contribution in [-0.4, -0.2) is 27.8 Å². The number of nitrogens with zero attached hydrogens (tertiary/aromatic N) is 2. The summed E-state index contributed by atoms with van der Waals surface area (Å²) < 4.78 is 5.91. The quantitative estimate of drug-likeness (QED) is 0.411. The second-order valence-corrected chi connectivity index (χ2v) is 7.93. The van der Waals surface area contributed by atoms with Crippen molar-refractivity contribution < 1.29 is 14.3 Å². The Balaban J connectivity index is 1.69. The Labute approximate surface area is 183 Å². The first-order valence-corrected chi connectivity index (χ1v) is 10.6. The van der Waals surface area contributed by atoms with Gasteiger partial charge in [0.1, 0.15) is 0 Å². The number of carbonyl (C=O) groups is 1. The van der Waals surface area contributed by atoms with Crippen molar-refractivity contribution in [1.82, 2.24) is 15.5 Å². The van der Waals surface area contributed by atoms with Crippen molar-refractivity contribution in [3.8, 4) is 11.5 Å². The number of hydrogen-bond donors (Lipinski definition) is 2. The Hall–Kier alpha value is -3.25. The van der Waals surface area contributed by atoms with Gasteiger partial charge in [0.2, 0.25) is 11.8 Å². The number of nitrogens with one attached hydrogen (secondary N) is 1. The van der Waals surface area contributed by atoms with Crippen molar-refractivity contribution in [2.75, 3.05) is 6.54 Å². The summed E-state index contributed by atoms with van der Waals surface area (Å²) in [5.74, 6) is 0.788. The van der Waals surface area contributed by atoms with E-state index in [1.165, 1.54) is 11.1 Å². The molecular weight excluding hydrogens is 390 g/mol. The molecular formula is C25H29N3O3. The number of rotatable bonds is 11. The van der Waals surface area contributed by atoms with E-state index in [4.69, 9.17) is 9.52 Å². The lowest BCUT2D eigenvalue weighted by atomic mass is 9.97. The normalized spacial score (nSPS) is 11.8. The van der Waals surface area contributed by atoms with Gasteiger partial charge in [-0.05, 0) is 47.6 Å². The standard InChI is InChI=1S/C25H29N3O3/c1-18(2)8-11-22(20-6-4-3-5-7-20)16-23-27-28-25(31-23)21-12-9-19(10-13-21)17-26-15-14-24(29)30/h3-7,9-10,12-13,16,18,26H,8,11,14-15,17H2,1-2H3,(H,29,30)/b22-16-. The number of carboxylic acid groups (broad SMARTS) is 1. The second-order valence-electron chi connectivity index (χ2n) is 7.93. The second kappa shape index (κ2) is 11.2. The summed E-state index contributed by atoms with van der Waals surface area (Å²) in [5.41, 5.74) is 4.27. The highest BCUT2D eigenvalue weighted by Gasteiger charge is 2.10. The van der Waals surface area contributed by atoms with Crippen molar-refractivity contribution in [2.24, 2.45) is 5.92 Å². The van der Waals surface area contributed by atoms with E-state index in [-0.39, 0.29) is 6.42 Å². The number of benzene rings is 2. The highest BCUT2D eigenvalue weighted by molar-refractivity contribution is 5.79. The summed E-state index contributed by atoms with van der Waals surface area (Å²) in [6.45, 7) is 5.50. The molecule has 6 heteroatoms. The molecule has 162 valence electrons. The van der Waals surface area contributed by atoms with E-state index >= 15 is 0 Å². The van der Waals surface area contributed by atoms with Crippen LogP contribution in [0.5, 0.6) is 0 Å². The molecule has 0 atom stereocenters. The van der Waals surface area contributed by atoms with Crippen LogP contribution in [0.2, 0.25) is 0 Å². The SMILES string of the molecule is CC(C)CC/C(=C/c1nnc(-c2ccc(CNCCC(=O)O)cc2)o1)c1ccccc1. The number of allylic oxidation sites excluding steroid dienone is 1. The van der Waals surface area contributed by atoms with Gasteiger partial charge < -0.3 is 14.8 Å². The molecule has 0 aliphatic heterocycles. The van der Waals surface area contributed by atoms with Crippen LogP contribution < -0.4 is 5.32 Å². The van der Waals surface area contributed by atoms with Gasteiger partial charge in [-0.2, -0.15) is 0 Å². The molecule has 3 rings (SSSR count). The van der Waals surface area contributed by atoms with Gasteiger partial charge in [-0.1, -0.05) is 56.3 Å². The third-order valence-electron chi connectivity index (χ3n) is 4.92. The summed E-state index contributed by atoms with van der Waals surface area (Å²) in [4.78, 5) is 10.6. The van der Waals surface area contributed by atoms with Gasteiger partial charge in [0.15, 0.2) is 0 Å². The minimum atomic E-state index is -0.802. The predicted molar refractivity (Wildman–Crippen MR) is 122 cm³/mol. The number of aliphatic carboxylic acids is 1. The summed E-state index contributed by atoms with van der Waals surface area (Å²) in [6, 6.07) is 18.1. The van der Waals surface area contributed by atoms with Crippen molar-refractivity contribution in [1.29, 1.82) is 0 Å². The molecule has 0 fully saturated rings. The van der Waals surface area contributed by atoms with E-state index in [9.17, 15) is 4.79 Å². The lowest BCUT2D eigenvalue weighted by molar-refractivity contribution is -0.136. The molecule has 31 heavy (non-hydrogen) atoms. The van der Waals surface area contributed by atoms with Gasteiger partial charge in [0.25, 0.3) is 0 Å². The molecule has 0 amide bonds. The maximum Gasteiger partial charge on any atom is 0.304 e. The van der Waals surface area contributed by atoms with Gasteiger partial charge in [0, 0.05) is 24.7 Å². The summed E-state index contributed by atoms with van der Waals surface area (Å²) in [6.07, 6.45) is 4.13. The maximum atomic E-state index is 10.6. The fourth-order valence-electron chi connectivity index (χ4n) is 3.15. The van der Waals surface area contributed by atoms with Gasteiger partial charge in [-0.15, -0.1) is 10.2 Å². The maximum absolute atomic E-state index is 10.6. The first-order chi connectivity index (χ1) is 15.0. The average molecular weight is 420 g/mol. The van der Waals surface area contributed by atoms with Crippen LogP contribution in [-0.2, 0) is 11.3 Å². The molecule has 3 aromatic rings. The number of carboxylic acids is 1. The molecule has 6 nitrogen and oxygen atoms in total. The van der Waals surface area contributed by atoms with Gasteiger partial charge in [-0.25, -0.2) is 0 Å². The average Bonchev–Trinajstić information content (AvgIpc) is 3.23. The van der Waals surface area contributed by atoms with Crippen molar-refractivity contribution in [3.63, 3.8) is 0 Å². The zero-order valence-corrected chi connectivity index (χ0v) is 18.0. The summed E-state index contributed by atoms with van der Waals surface area (Å²) >= 11 is 0. The Morgan fingerprint density at radius 3 is 2.48 bits per heavy atom. The van der Waals surface area contributed by atoms with Gasteiger partial charge >= 0.3 is 5.97 Å². The van der Waals surface area contributed by atoms with E-state index in [0.29, 0.717) is 30.8 Å². The third kappa shape index (κ3) is 7.19. The Morgan fingerprint density at radius 1 is 1.06 bits per heavy atom. The molecule has 2 N–H and O–H groups in total. The highest BCUT2D eigenvalue weighted by atomic mass is 16.4. The Kier molecular flexibility index (Phi) is 8.12. The Bertz CT molecular complexity index is 992. The summed E-state index contributed by atoms with van der Waals surface area (Å²) in [5, 5.41) is 20.2. The molecule has 2 aromatic carbocycles. The van der Waals surface area contributed by atoms with E-state index < -0.39 is 5.97 Å². The van der Waals surface area contributed by atoms with Crippen LogP contribution >= 0.6 is 0 Å².